The zero-order valence-electron chi connectivity index (χ0n) is 14.3. The Morgan fingerprint density at radius 3 is 2.80 bits per heavy atom. The van der Waals surface area contributed by atoms with E-state index >= 15 is 0 Å². The van der Waals surface area contributed by atoms with E-state index in [1.807, 2.05) is 31.2 Å². The molecule has 1 aliphatic carbocycles. The molecule has 0 bridgehead atoms. The average Bonchev–Trinajstić information content (AvgIpc) is 3.20. The molecule has 0 aliphatic heterocycles. The van der Waals surface area contributed by atoms with Crippen molar-refractivity contribution in [3.05, 3.63) is 46.5 Å². The topological polar surface area (TPSA) is 86.1 Å². The molecule has 7 nitrogen and oxygen atoms in total. The maximum absolute atomic E-state index is 12.1. The lowest BCUT2D eigenvalue weighted by Gasteiger charge is -2.35. The first-order chi connectivity index (χ1) is 12.2. The lowest BCUT2D eigenvalue weighted by molar-refractivity contribution is 0.210. The van der Waals surface area contributed by atoms with Crippen molar-refractivity contribution in [2.75, 3.05) is 6.54 Å². The maximum Gasteiger partial charge on any atom is 0.419 e. The Hall–Kier alpha value is -2.41. The van der Waals surface area contributed by atoms with Gasteiger partial charge in [0, 0.05) is 20.0 Å². The maximum atomic E-state index is 12.1. The smallest absolute Gasteiger partial charge is 0.408 e. The predicted molar refractivity (Wildman–Crippen MR) is 92.3 cm³/mol. The van der Waals surface area contributed by atoms with E-state index in [1.165, 1.54) is 6.42 Å². The van der Waals surface area contributed by atoms with Crippen molar-refractivity contribution < 1.29 is 8.94 Å². The first-order valence-electron chi connectivity index (χ1n) is 8.82. The van der Waals surface area contributed by atoms with Gasteiger partial charge in [-0.3, -0.25) is 4.57 Å². The Labute approximate surface area is 145 Å². The molecular formula is C18H22N4O3. The van der Waals surface area contributed by atoms with Gasteiger partial charge in [0.25, 0.3) is 0 Å². The second-order valence-electron chi connectivity index (χ2n) is 6.69. The van der Waals surface area contributed by atoms with Gasteiger partial charge in [-0.05, 0) is 25.0 Å². The summed E-state index contributed by atoms with van der Waals surface area (Å²) in [5.74, 6) is 0.990. The standard InChI is InChI=1S/C18H22N4O3/c1-13-20-16(21-25-13)18(9-5-2-6-10-18)19-11-12-22-14-7-3-4-8-15(14)24-17(22)23/h3-4,7-8,19H,2,5-6,9-12H2,1H3. The molecule has 0 radical (unpaired) electrons. The van der Waals surface area contributed by atoms with Crippen LogP contribution in [0.3, 0.4) is 0 Å². The highest BCUT2D eigenvalue weighted by Gasteiger charge is 2.37. The van der Waals surface area contributed by atoms with Gasteiger partial charge in [0.1, 0.15) is 0 Å². The summed E-state index contributed by atoms with van der Waals surface area (Å²) in [5.41, 5.74) is 1.18. The largest absolute Gasteiger partial charge is 0.419 e. The van der Waals surface area contributed by atoms with E-state index in [4.69, 9.17) is 8.94 Å². The lowest BCUT2D eigenvalue weighted by Crippen LogP contribution is -2.46. The minimum atomic E-state index is -0.323. The van der Waals surface area contributed by atoms with Crippen LogP contribution >= 0.6 is 0 Å². The second kappa shape index (κ2) is 6.48. The third kappa shape index (κ3) is 3.00. The number of fused-ring (bicyclic) bond motifs is 1. The van der Waals surface area contributed by atoms with E-state index in [2.05, 4.69) is 15.5 Å². The summed E-state index contributed by atoms with van der Waals surface area (Å²) < 4.78 is 12.2. The Morgan fingerprint density at radius 1 is 1.24 bits per heavy atom. The Kier molecular flexibility index (Phi) is 4.17. The minimum Gasteiger partial charge on any atom is -0.408 e. The number of aryl methyl sites for hydroxylation is 1. The summed E-state index contributed by atoms with van der Waals surface area (Å²) in [7, 11) is 0. The third-order valence-electron chi connectivity index (χ3n) is 5.04. The molecule has 0 amide bonds. The fraction of sp³-hybridized carbons (Fsp3) is 0.500. The van der Waals surface area contributed by atoms with Crippen molar-refractivity contribution in [2.24, 2.45) is 0 Å². The molecule has 25 heavy (non-hydrogen) atoms. The summed E-state index contributed by atoms with van der Waals surface area (Å²) >= 11 is 0. The van der Waals surface area contributed by atoms with Crippen molar-refractivity contribution >= 4 is 11.1 Å². The number of benzene rings is 1. The quantitative estimate of drug-likeness (QED) is 0.767. The molecule has 0 atom stereocenters. The molecule has 7 heteroatoms. The molecule has 4 rings (SSSR count). The van der Waals surface area contributed by atoms with Gasteiger partial charge < -0.3 is 14.3 Å². The van der Waals surface area contributed by atoms with Crippen LogP contribution in [0.4, 0.5) is 0 Å². The van der Waals surface area contributed by atoms with E-state index in [1.54, 1.807) is 4.57 Å². The van der Waals surface area contributed by atoms with Gasteiger partial charge in [0.2, 0.25) is 5.89 Å². The van der Waals surface area contributed by atoms with E-state index in [9.17, 15) is 4.79 Å². The zero-order chi connectivity index (χ0) is 17.3. The van der Waals surface area contributed by atoms with Crippen LogP contribution in [0.2, 0.25) is 0 Å². The normalized spacial score (nSPS) is 17.2. The van der Waals surface area contributed by atoms with Crippen molar-refractivity contribution in [1.82, 2.24) is 20.0 Å². The van der Waals surface area contributed by atoms with Gasteiger partial charge in [0.05, 0.1) is 11.1 Å². The van der Waals surface area contributed by atoms with Crippen LogP contribution in [0.25, 0.3) is 11.1 Å². The number of para-hydroxylation sites is 2. The van der Waals surface area contributed by atoms with Crippen LogP contribution in [0.15, 0.2) is 38.0 Å². The summed E-state index contributed by atoms with van der Waals surface area (Å²) in [6.45, 7) is 2.98. The van der Waals surface area contributed by atoms with Gasteiger partial charge in [-0.1, -0.05) is 36.6 Å². The monoisotopic (exact) mass is 342 g/mol. The molecule has 1 saturated carbocycles. The van der Waals surface area contributed by atoms with Crippen LogP contribution in [0.1, 0.15) is 43.8 Å². The first-order valence-corrected chi connectivity index (χ1v) is 8.82. The summed E-state index contributed by atoms with van der Waals surface area (Å²) in [5, 5.41) is 7.77. The van der Waals surface area contributed by atoms with Gasteiger partial charge in [-0.15, -0.1) is 0 Å². The SMILES string of the molecule is Cc1nc(C2(NCCn3c(=O)oc4ccccc43)CCCCC2)no1. The summed E-state index contributed by atoms with van der Waals surface area (Å²) in [6.07, 6.45) is 5.45. The Bertz CT molecular complexity index is 918. The second-order valence-corrected chi connectivity index (χ2v) is 6.69. The van der Waals surface area contributed by atoms with E-state index < -0.39 is 0 Å². The van der Waals surface area contributed by atoms with Crippen LogP contribution in [0.5, 0.6) is 0 Å². The molecule has 2 aromatic heterocycles. The zero-order valence-corrected chi connectivity index (χ0v) is 14.3. The third-order valence-corrected chi connectivity index (χ3v) is 5.04. The van der Waals surface area contributed by atoms with Crippen molar-refractivity contribution in [1.29, 1.82) is 0 Å². The summed E-state index contributed by atoms with van der Waals surface area (Å²) in [4.78, 5) is 16.6. The van der Waals surface area contributed by atoms with Gasteiger partial charge in [-0.25, -0.2) is 4.79 Å². The predicted octanol–water partition coefficient (Wildman–Crippen LogP) is 2.74. The van der Waals surface area contributed by atoms with Crippen LogP contribution in [0, 0.1) is 6.92 Å². The van der Waals surface area contributed by atoms with Gasteiger partial charge in [0.15, 0.2) is 11.4 Å². The molecule has 1 fully saturated rings. The highest BCUT2D eigenvalue weighted by atomic mass is 16.5. The summed E-state index contributed by atoms with van der Waals surface area (Å²) in [6, 6.07) is 7.49. The van der Waals surface area contributed by atoms with E-state index in [0.717, 1.165) is 37.0 Å². The van der Waals surface area contributed by atoms with Crippen LogP contribution < -0.4 is 11.1 Å². The van der Waals surface area contributed by atoms with E-state index in [-0.39, 0.29) is 11.3 Å². The number of nitrogens with zero attached hydrogens (tertiary/aromatic N) is 3. The van der Waals surface area contributed by atoms with Crippen molar-refractivity contribution in [2.45, 2.75) is 51.1 Å². The number of nitrogens with one attached hydrogen (secondary N) is 1. The highest BCUT2D eigenvalue weighted by molar-refractivity contribution is 5.72. The average molecular weight is 342 g/mol. The number of oxazole rings is 1. The number of hydrogen-bond donors (Lipinski definition) is 1. The van der Waals surface area contributed by atoms with Gasteiger partial charge >= 0.3 is 5.76 Å². The molecule has 1 aromatic carbocycles. The minimum absolute atomic E-state index is 0.265. The first kappa shape index (κ1) is 16.1. The molecule has 132 valence electrons. The fourth-order valence-corrected chi connectivity index (χ4v) is 3.76. The van der Waals surface area contributed by atoms with Crippen LogP contribution in [-0.4, -0.2) is 21.3 Å². The van der Waals surface area contributed by atoms with Gasteiger partial charge in [-0.2, -0.15) is 4.98 Å². The number of rotatable bonds is 5. The number of hydrogen-bond acceptors (Lipinski definition) is 6. The Balaban J connectivity index is 1.53. The van der Waals surface area contributed by atoms with Crippen LogP contribution in [-0.2, 0) is 12.1 Å². The highest BCUT2D eigenvalue weighted by Crippen LogP contribution is 2.35. The van der Waals surface area contributed by atoms with Crippen molar-refractivity contribution in [3.8, 4) is 0 Å². The van der Waals surface area contributed by atoms with Crippen molar-refractivity contribution in [3.63, 3.8) is 0 Å². The molecule has 0 spiro atoms. The number of aromatic nitrogens is 3. The molecule has 2 heterocycles. The molecule has 0 unspecified atom stereocenters. The molecule has 3 aromatic rings. The Morgan fingerprint density at radius 2 is 2.04 bits per heavy atom. The molecule has 1 aliphatic rings. The molecule has 0 saturated heterocycles. The fourth-order valence-electron chi connectivity index (χ4n) is 3.76. The molecule has 1 N–H and O–H groups in total. The molecular weight excluding hydrogens is 320 g/mol. The lowest BCUT2D eigenvalue weighted by atomic mass is 9.81. The van der Waals surface area contributed by atoms with E-state index in [0.29, 0.717) is 24.6 Å².